The summed E-state index contributed by atoms with van der Waals surface area (Å²) in [5.41, 5.74) is 7.11. The summed E-state index contributed by atoms with van der Waals surface area (Å²) in [5.74, 6) is 0.863. The molecule has 0 spiro atoms. The van der Waals surface area contributed by atoms with Gasteiger partial charge in [0.1, 0.15) is 5.82 Å². The molecule has 0 radical (unpaired) electrons. The Bertz CT molecular complexity index is 651. The van der Waals surface area contributed by atoms with Gasteiger partial charge in [-0.2, -0.15) is 0 Å². The molecule has 0 N–H and O–H groups in total. The second-order valence-corrected chi connectivity index (χ2v) is 6.48. The van der Waals surface area contributed by atoms with Gasteiger partial charge in [-0.25, -0.2) is 4.39 Å². The second-order valence-electron chi connectivity index (χ2n) is 6.48. The van der Waals surface area contributed by atoms with E-state index in [0.717, 1.165) is 29.0 Å². The zero-order valence-corrected chi connectivity index (χ0v) is 14.5. The number of aryl methyl sites for hydroxylation is 4. The Morgan fingerprint density at radius 1 is 0.909 bits per heavy atom. The Labute approximate surface area is 134 Å². The first-order valence-corrected chi connectivity index (χ1v) is 8.25. The Kier molecular flexibility index (Phi) is 5.39. The molecule has 1 aliphatic carbocycles. The topological polar surface area (TPSA) is 0 Å². The summed E-state index contributed by atoms with van der Waals surface area (Å²) in [6, 6.07) is 10.6. The van der Waals surface area contributed by atoms with Crippen molar-refractivity contribution >= 4 is 0 Å². The average molecular weight is 298 g/mol. The molecular formula is C21H27F. The van der Waals surface area contributed by atoms with Gasteiger partial charge in [0.2, 0.25) is 0 Å². The van der Waals surface area contributed by atoms with Crippen molar-refractivity contribution in [3.05, 3.63) is 69.5 Å². The molecule has 0 aliphatic heterocycles. The van der Waals surface area contributed by atoms with Gasteiger partial charge in [0, 0.05) is 0 Å². The standard InChI is InChI=1S/C11H14.C10H13F/c1-8-3-4-9(2)11(7-8)10-5-6-10;1-4-9-7(2)5-6-8(3)10(9)11/h3-4,7,10H,5-6H2,1-2H3;5-6H,4H2,1-3H3. The van der Waals surface area contributed by atoms with E-state index in [-0.39, 0.29) is 5.82 Å². The number of benzene rings is 2. The van der Waals surface area contributed by atoms with Crippen molar-refractivity contribution in [2.75, 3.05) is 0 Å². The monoisotopic (exact) mass is 298 g/mol. The van der Waals surface area contributed by atoms with Crippen molar-refractivity contribution in [2.24, 2.45) is 0 Å². The Hall–Kier alpha value is -1.63. The quantitative estimate of drug-likeness (QED) is 0.620. The average Bonchev–Trinajstić information content (AvgIpc) is 3.32. The van der Waals surface area contributed by atoms with Gasteiger partial charge in [0.15, 0.2) is 0 Å². The van der Waals surface area contributed by atoms with Crippen LogP contribution in [-0.4, -0.2) is 0 Å². The van der Waals surface area contributed by atoms with Gasteiger partial charge in [-0.05, 0) is 80.7 Å². The number of rotatable bonds is 2. The van der Waals surface area contributed by atoms with Crippen LogP contribution in [0.15, 0.2) is 30.3 Å². The van der Waals surface area contributed by atoms with E-state index >= 15 is 0 Å². The molecule has 1 fully saturated rings. The maximum Gasteiger partial charge on any atom is 0.129 e. The van der Waals surface area contributed by atoms with Crippen LogP contribution in [-0.2, 0) is 6.42 Å². The molecule has 3 rings (SSSR count). The minimum atomic E-state index is -0.0347. The normalized spacial score (nSPS) is 13.5. The van der Waals surface area contributed by atoms with Crippen LogP contribution in [0.1, 0.15) is 59.1 Å². The minimum Gasteiger partial charge on any atom is -0.206 e. The van der Waals surface area contributed by atoms with Gasteiger partial charge < -0.3 is 0 Å². The molecule has 0 heterocycles. The van der Waals surface area contributed by atoms with Gasteiger partial charge in [-0.15, -0.1) is 0 Å². The number of hydrogen-bond donors (Lipinski definition) is 0. The van der Waals surface area contributed by atoms with E-state index in [1.807, 2.05) is 26.0 Å². The van der Waals surface area contributed by atoms with Gasteiger partial charge >= 0.3 is 0 Å². The fourth-order valence-corrected chi connectivity index (χ4v) is 2.86. The second kappa shape index (κ2) is 7.09. The van der Waals surface area contributed by atoms with Gasteiger partial charge in [0.05, 0.1) is 0 Å². The van der Waals surface area contributed by atoms with Crippen LogP contribution in [0.3, 0.4) is 0 Å². The third kappa shape index (κ3) is 3.97. The Morgan fingerprint density at radius 3 is 2.05 bits per heavy atom. The van der Waals surface area contributed by atoms with E-state index in [1.165, 1.54) is 24.0 Å². The van der Waals surface area contributed by atoms with Crippen molar-refractivity contribution in [1.29, 1.82) is 0 Å². The first kappa shape index (κ1) is 16.7. The number of hydrogen-bond acceptors (Lipinski definition) is 0. The molecule has 1 saturated carbocycles. The van der Waals surface area contributed by atoms with Crippen molar-refractivity contribution in [2.45, 2.75) is 59.8 Å². The molecule has 2 aromatic carbocycles. The van der Waals surface area contributed by atoms with Crippen LogP contribution in [0.5, 0.6) is 0 Å². The van der Waals surface area contributed by atoms with Crippen molar-refractivity contribution in [1.82, 2.24) is 0 Å². The molecule has 0 saturated heterocycles. The fraction of sp³-hybridized carbons (Fsp3) is 0.429. The molecule has 0 nitrogen and oxygen atoms in total. The largest absolute Gasteiger partial charge is 0.206 e. The smallest absolute Gasteiger partial charge is 0.129 e. The zero-order valence-electron chi connectivity index (χ0n) is 14.5. The van der Waals surface area contributed by atoms with Crippen molar-refractivity contribution in [3.63, 3.8) is 0 Å². The van der Waals surface area contributed by atoms with E-state index in [2.05, 4.69) is 32.0 Å². The predicted octanol–water partition coefficient (Wildman–Crippen LogP) is 6.19. The maximum absolute atomic E-state index is 13.3. The lowest BCUT2D eigenvalue weighted by atomic mass is 10.0. The summed E-state index contributed by atoms with van der Waals surface area (Å²) in [4.78, 5) is 0. The molecule has 0 aromatic heterocycles. The van der Waals surface area contributed by atoms with E-state index in [9.17, 15) is 4.39 Å². The van der Waals surface area contributed by atoms with Crippen LogP contribution in [0.2, 0.25) is 0 Å². The fourth-order valence-electron chi connectivity index (χ4n) is 2.86. The van der Waals surface area contributed by atoms with Gasteiger partial charge in [-0.1, -0.05) is 42.8 Å². The van der Waals surface area contributed by atoms with E-state index in [1.54, 1.807) is 12.5 Å². The minimum absolute atomic E-state index is 0.0347. The molecule has 1 aliphatic rings. The number of halogens is 1. The molecule has 118 valence electrons. The third-order valence-electron chi connectivity index (χ3n) is 4.48. The molecule has 0 atom stereocenters. The molecule has 0 amide bonds. The lowest BCUT2D eigenvalue weighted by Gasteiger charge is -2.05. The molecule has 22 heavy (non-hydrogen) atoms. The van der Waals surface area contributed by atoms with E-state index in [4.69, 9.17) is 0 Å². The highest BCUT2D eigenvalue weighted by Gasteiger charge is 2.24. The summed E-state index contributed by atoms with van der Waals surface area (Å²) in [7, 11) is 0. The van der Waals surface area contributed by atoms with Gasteiger partial charge in [0.25, 0.3) is 0 Å². The van der Waals surface area contributed by atoms with Crippen molar-refractivity contribution in [3.8, 4) is 0 Å². The zero-order chi connectivity index (χ0) is 16.3. The highest BCUT2D eigenvalue weighted by Crippen LogP contribution is 2.41. The SMILES string of the molecule is CCc1c(C)ccc(C)c1F.Cc1ccc(C)c(C2CC2)c1. The first-order valence-electron chi connectivity index (χ1n) is 8.25. The molecule has 1 heteroatoms. The molecule has 0 bridgehead atoms. The first-order chi connectivity index (χ1) is 10.4. The van der Waals surface area contributed by atoms with Crippen molar-refractivity contribution < 1.29 is 4.39 Å². The highest BCUT2D eigenvalue weighted by atomic mass is 19.1. The highest BCUT2D eigenvalue weighted by molar-refractivity contribution is 5.35. The predicted molar refractivity (Wildman–Crippen MR) is 93.1 cm³/mol. The summed E-state index contributed by atoms with van der Waals surface area (Å²) < 4.78 is 13.3. The summed E-state index contributed by atoms with van der Waals surface area (Å²) in [6.45, 7) is 10.1. The Morgan fingerprint density at radius 2 is 1.50 bits per heavy atom. The Balaban J connectivity index is 0.000000160. The summed E-state index contributed by atoms with van der Waals surface area (Å²) >= 11 is 0. The van der Waals surface area contributed by atoms with Crippen LogP contribution in [0.4, 0.5) is 4.39 Å². The third-order valence-corrected chi connectivity index (χ3v) is 4.48. The molecule has 2 aromatic rings. The van der Waals surface area contributed by atoms with E-state index in [0.29, 0.717) is 0 Å². The molecular weight excluding hydrogens is 271 g/mol. The van der Waals surface area contributed by atoms with Crippen LogP contribution in [0.25, 0.3) is 0 Å². The van der Waals surface area contributed by atoms with E-state index < -0.39 is 0 Å². The summed E-state index contributed by atoms with van der Waals surface area (Å²) in [5, 5.41) is 0. The van der Waals surface area contributed by atoms with Crippen LogP contribution < -0.4 is 0 Å². The molecule has 0 unspecified atom stereocenters. The lowest BCUT2D eigenvalue weighted by molar-refractivity contribution is 0.601. The van der Waals surface area contributed by atoms with Gasteiger partial charge in [-0.3, -0.25) is 0 Å². The lowest BCUT2D eigenvalue weighted by Crippen LogP contribution is -1.94. The maximum atomic E-state index is 13.3. The van der Waals surface area contributed by atoms with Crippen LogP contribution in [0, 0.1) is 33.5 Å². The van der Waals surface area contributed by atoms with Crippen LogP contribution >= 0.6 is 0 Å². The summed E-state index contributed by atoms with van der Waals surface area (Å²) in [6.07, 6.45) is 3.59.